The molecule has 0 aliphatic heterocycles. The van der Waals surface area contributed by atoms with E-state index < -0.39 is 0 Å². The molecule has 4 heteroatoms. The second kappa shape index (κ2) is 5.93. The Hall–Kier alpha value is -0.800. The molecule has 2 nitrogen and oxygen atoms in total. The molecule has 0 bridgehead atoms. The Balaban J connectivity index is 2.67. The van der Waals surface area contributed by atoms with Crippen LogP contribution in [0.5, 0.6) is 0 Å². The summed E-state index contributed by atoms with van der Waals surface area (Å²) in [4.78, 5) is 11.4. The first-order chi connectivity index (χ1) is 7.13. The summed E-state index contributed by atoms with van der Waals surface area (Å²) in [5, 5.41) is 3.27. The number of anilines is 1. The van der Waals surface area contributed by atoms with Gasteiger partial charge in [0.05, 0.1) is 10.7 Å². The predicted molar refractivity (Wildman–Crippen MR) is 67.2 cm³/mol. The SMILES string of the molecule is C=CCCC(=O)Nc1cc(Br)ccc1Cl. The normalized spacial score (nSPS) is 9.73. The molecule has 0 aliphatic rings. The van der Waals surface area contributed by atoms with Crippen LogP contribution < -0.4 is 5.32 Å². The highest BCUT2D eigenvalue weighted by Gasteiger charge is 2.05. The van der Waals surface area contributed by atoms with Gasteiger partial charge in [0.2, 0.25) is 5.91 Å². The summed E-state index contributed by atoms with van der Waals surface area (Å²) in [6.45, 7) is 3.56. The van der Waals surface area contributed by atoms with E-state index in [0.717, 1.165) is 4.47 Å². The van der Waals surface area contributed by atoms with Crippen LogP contribution in [-0.2, 0) is 4.79 Å². The van der Waals surface area contributed by atoms with E-state index in [2.05, 4.69) is 27.8 Å². The number of carbonyl (C=O) groups is 1. The molecule has 0 fully saturated rings. The van der Waals surface area contributed by atoms with Crippen LogP contribution in [0.3, 0.4) is 0 Å². The van der Waals surface area contributed by atoms with Crippen LogP contribution >= 0.6 is 27.5 Å². The fraction of sp³-hybridized carbons (Fsp3) is 0.182. The van der Waals surface area contributed by atoms with Crippen LogP contribution in [0.4, 0.5) is 5.69 Å². The highest BCUT2D eigenvalue weighted by Crippen LogP contribution is 2.25. The third-order valence-electron chi connectivity index (χ3n) is 1.78. The van der Waals surface area contributed by atoms with Crippen molar-refractivity contribution < 1.29 is 4.79 Å². The third kappa shape index (κ3) is 4.06. The Morgan fingerprint density at radius 1 is 1.60 bits per heavy atom. The Kier molecular flexibility index (Phi) is 4.85. The van der Waals surface area contributed by atoms with Crippen molar-refractivity contribution >= 4 is 39.1 Å². The Bertz CT molecular complexity index is 379. The molecule has 0 radical (unpaired) electrons. The first-order valence-electron chi connectivity index (χ1n) is 4.49. The van der Waals surface area contributed by atoms with E-state index in [0.29, 0.717) is 23.6 Å². The molecule has 0 aromatic heterocycles. The number of benzene rings is 1. The van der Waals surface area contributed by atoms with E-state index in [1.165, 1.54) is 0 Å². The predicted octanol–water partition coefficient (Wildman–Crippen LogP) is 4.01. The van der Waals surface area contributed by atoms with Gasteiger partial charge in [0.25, 0.3) is 0 Å². The highest BCUT2D eigenvalue weighted by atomic mass is 79.9. The van der Waals surface area contributed by atoms with E-state index in [9.17, 15) is 4.79 Å². The lowest BCUT2D eigenvalue weighted by Gasteiger charge is -2.06. The summed E-state index contributed by atoms with van der Waals surface area (Å²) in [6, 6.07) is 5.32. The molecule has 1 rings (SSSR count). The molecule has 1 aromatic rings. The zero-order valence-electron chi connectivity index (χ0n) is 8.09. The number of amides is 1. The van der Waals surface area contributed by atoms with Gasteiger partial charge >= 0.3 is 0 Å². The van der Waals surface area contributed by atoms with Crippen molar-refractivity contribution in [3.05, 3.63) is 40.3 Å². The minimum Gasteiger partial charge on any atom is -0.325 e. The molecule has 80 valence electrons. The number of carbonyl (C=O) groups excluding carboxylic acids is 1. The molecule has 0 heterocycles. The molecule has 0 spiro atoms. The molecule has 1 amide bonds. The second-order valence-corrected chi connectivity index (χ2v) is 4.32. The smallest absolute Gasteiger partial charge is 0.224 e. The summed E-state index contributed by atoms with van der Waals surface area (Å²) in [6.07, 6.45) is 2.80. The molecule has 0 saturated carbocycles. The molecular formula is C11H11BrClNO. The van der Waals surface area contributed by atoms with Gasteiger partial charge in [-0.1, -0.05) is 33.6 Å². The van der Waals surface area contributed by atoms with Crippen molar-refractivity contribution in [3.8, 4) is 0 Å². The third-order valence-corrected chi connectivity index (χ3v) is 2.60. The van der Waals surface area contributed by atoms with Crippen molar-refractivity contribution in [3.63, 3.8) is 0 Å². The summed E-state index contributed by atoms with van der Waals surface area (Å²) >= 11 is 9.23. The van der Waals surface area contributed by atoms with Gasteiger partial charge in [0.1, 0.15) is 0 Å². The Morgan fingerprint density at radius 3 is 3.00 bits per heavy atom. The van der Waals surface area contributed by atoms with Crippen molar-refractivity contribution in [2.75, 3.05) is 5.32 Å². The quantitative estimate of drug-likeness (QED) is 0.833. The zero-order valence-corrected chi connectivity index (χ0v) is 10.4. The van der Waals surface area contributed by atoms with Gasteiger partial charge < -0.3 is 5.32 Å². The lowest BCUT2D eigenvalue weighted by molar-refractivity contribution is -0.116. The second-order valence-electron chi connectivity index (χ2n) is 3.00. The number of allylic oxidation sites excluding steroid dienone is 1. The van der Waals surface area contributed by atoms with E-state index in [1.54, 1.807) is 18.2 Å². The summed E-state index contributed by atoms with van der Waals surface area (Å²) in [5.74, 6) is -0.0603. The van der Waals surface area contributed by atoms with Crippen molar-refractivity contribution in [2.45, 2.75) is 12.8 Å². The number of hydrogen-bond donors (Lipinski definition) is 1. The lowest BCUT2D eigenvalue weighted by atomic mass is 10.2. The van der Waals surface area contributed by atoms with Gasteiger partial charge in [-0.05, 0) is 24.6 Å². The maximum Gasteiger partial charge on any atom is 0.224 e. The minimum absolute atomic E-state index is 0.0603. The largest absolute Gasteiger partial charge is 0.325 e. The van der Waals surface area contributed by atoms with E-state index in [-0.39, 0.29) is 5.91 Å². The lowest BCUT2D eigenvalue weighted by Crippen LogP contribution is -2.10. The van der Waals surface area contributed by atoms with Crippen LogP contribution in [0, 0.1) is 0 Å². The van der Waals surface area contributed by atoms with Crippen LogP contribution in [0.2, 0.25) is 5.02 Å². The van der Waals surface area contributed by atoms with Gasteiger partial charge in [-0.15, -0.1) is 6.58 Å². The molecule has 1 N–H and O–H groups in total. The minimum atomic E-state index is -0.0603. The summed E-state index contributed by atoms with van der Waals surface area (Å²) in [5.41, 5.74) is 0.625. The molecule has 0 unspecified atom stereocenters. The zero-order chi connectivity index (χ0) is 11.3. The molecule has 0 aliphatic carbocycles. The molecule has 1 aromatic carbocycles. The fourth-order valence-corrected chi connectivity index (χ4v) is 1.57. The summed E-state index contributed by atoms with van der Waals surface area (Å²) in [7, 11) is 0. The summed E-state index contributed by atoms with van der Waals surface area (Å²) < 4.78 is 0.880. The van der Waals surface area contributed by atoms with Crippen LogP contribution in [0.15, 0.2) is 35.3 Å². The molecular weight excluding hydrogens is 277 g/mol. The van der Waals surface area contributed by atoms with E-state index >= 15 is 0 Å². The van der Waals surface area contributed by atoms with Crippen molar-refractivity contribution in [1.29, 1.82) is 0 Å². The van der Waals surface area contributed by atoms with Gasteiger partial charge in [-0.3, -0.25) is 4.79 Å². The van der Waals surface area contributed by atoms with Gasteiger partial charge in [0, 0.05) is 10.9 Å². The maximum absolute atomic E-state index is 11.4. The first-order valence-corrected chi connectivity index (χ1v) is 5.66. The fourth-order valence-electron chi connectivity index (χ4n) is 1.04. The monoisotopic (exact) mass is 287 g/mol. The van der Waals surface area contributed by atoms with E-state index in [1.807, 2.05) is 6.07 Å². The Morgan fingerprint density at radius 2 is 2.33 bits per heavy atom. The van der Waals surface area contributed by atoms with Crippen LogP contribution in [0.1, 0.15) is 12.8 Å². The van der Waals surface area contributed by atoms with Crippen molar-refractivity contribution in [1.82, 2.24) is 0 Å². The van der Waals surface area contributed by atoms with Crippen LogP contribution in [0.25, 0.3) is 0 Å². The Labute approximate surface area is 102 Å². The standard InChI is InChI=1S/C11H11BrClNO/c1-2-3-4-11(15)14-10-7-8(12)5-6-9(10)13/h2,5-7H,1,3-4H2,(H,14,15). The number of hydrogen-bond acceptors (Lipinski definition) is 1. The highest BCUT2D eigenvalue weighted by molar-refractivity contribution is 9.10. The maximum atomic E-state index is 11.4. The molecule has 0 atom stereocenters. The number of rotatable bonds is 4. The topological polar surface area (TPSA) is 29.1 Å². The van der Waals surface area contributed by atoms with Crippen LogP contribution in [-0.4, -0.2) is 5.91 Å². The average Bonchev–Trinajstić information content (AvgIpc) is 2.20. The number of nitrogens with one attached hydrogen (secondary N) is 1. The average molecular weight is 289 g/mol. The van der Waals surface area contributed by atoms with Crippen molar-refractivity contribution in [2.24, 2.45) is 0 Å². The van der Waals surface area contributed by atoms with E-state index in [4.69, 9.17) is 11.6 Å². The first kappa shape index (κ1) is 12.3. The van der Waals surface area contributed by atoms with Gasteiger partial charge in [-0.2, -0.15) is 0 Å². The van der Waals surface area contributed by atoms with Gasteiger partial charge in [0.15, 0.2) is 0 Å². The number of halogens is 2. The molecule has 0 saturated heterocycles. The molecule has 15 heavy (non-hydrogen) atoms. The van der Waals surface area contributed by atoms with Gasteiger partial charge in [-0.25, -0.2) is 0 Å².